The van der Waals surface area contributed by atoms with Crippen molar-refractivity contribution >= 4 is 15.8 Å². The molecule has 0 aromatic carbocycles. The van der Waals surface area contributed by atoms with E-state index >= 15 is 0 Å². The number of morpholine rings is 1. The van der Waals surface area contributed by atoms with Crippen molar-refractivity contribution in [2.75, 3.05) is 45.1 Å². The van der Waals surface area contributed by atoms with Gasteiger partial charge in [0.25, 0.3) is 0 Å². The number of hydrogen-bond donors (Lipinski definition) is 2. The van der Waals surface area contributed by atoms with Crippen molar-refractivity contribution in [2.24, 2.45) is 0 Å². The Bertz CT molecular complexity index is 512. The molecule has 1 saturated heterocycles. The molecule has 0 bridgehead atoms. The standard InChI is InChI=1S/C12H20N4O3S/c13-12-3-2-11(10-14-12)20(17,18)15-4-1-5-16-6-8-19-9-7-16/h2-3,10,15H,1,4-9H2,(H2,13,14). The fourth-order valence-electron chi connectivity index (χ4n) is 1.97. The molecule has 1 aromatic heterocycles. The Morgan fingerprint density at radius 1 is 1.35 bits per heavy atom. The van der Waals surface area contributed by atoms with E-state index in [1.54, 1.807) is 0 Å². The van der Waals surface area contributed by atoms with Gasteiger partial charge in [0.15, 0.2) is 0 Å². The van der Waals surface area contributed by atoms with Crippen molar-refractivity contribution in [1.29, 1.82) is 0 Å². The van der Waals surface area contributed by atoms with Crippen LogP contribution >= 0.6 is 0 Å². The maximum atomic E-state index is 12.0. The summed E-state index contributed by atoms with van der Waals surface area (Å²) in [7, 11) is -3.49. The molecule has 2 rings (SSSR count). The molecule has 0 saturated carbocycles. The van der Waals surface area contributed by atoms with E-state index in [-0.39, 0.29) is 4.90 Å². The number of nitrogens with two attached hydrogens (primary N) is 1. The van der Waals surface area contributed by atoms with Crippen LogP contribution in [0, 0.1) is 0 Å². The van der Waals surface area contributed by atoms with Crippen LogP contribution < -0.4 is 10.5 Å². The second-order valence-corrected chi connectivity index (χ2v) is 6.39. The number of nitrogens with one attached hydrogen (secondary N) is 1. The van der Waals surface area contributed by atoms with E-state index in [0.29, 0.717) is 12.4 Å². The highest BCUT2D eigenvalue weighted by Gasteiger charge is 2.14. The van der Waals surface area contributed by atoms with Crippen LogP contribution in [0.4, 0.5) is 5.82 Å². The zero-order valence-electron chi connectivity index (χ0n) is 11.3. The lowest BCUT2D eigenvalue weighted by Gasteiger charge is -2.26. The molecule has 0 aliphatic carbocycles. The average Bonchev–Trinajstić information content (AvgIpc) is 2.45. The number of nitrogen functional groups attached to an aromatic ring is 1. The molecule has 0 spiro atoms. The van der Waals surface area contributed by atoms with Crippen molar-refractivity contribution in [1.82, 2.24) is 14.6 Å². The third-order valence-electron chi connectivity index (χ3n) is 3.12. The number of pyridine rings is 1. The highest BCUT2D eigenvalue weighted by molar-refractivity contribution is 7.89. The topological polar surface area (TPSA) is 97.5 Å². The van der Waals surface area contributed by atoms with Crippen molar-refractivity contribution in [3.8, 4) is 0 Å². The predicted molar refractivity (Wildman–Crippen MR) is 75.7 cm³/mol. The number of sulfonamides is 1. The van der Waals surface area contributed by atoms with Gasteiger partial charge in [-0.3, -0.25) is 4.90 Å². The molecule has 0 unspecified atom stereocenters. The zero-order chi connectivity index (χ0) is 14.4. The fraction of sp³-hybridized carbons (Fsp3) is 0.583. The third kappa shape index (κ3) is 4.41. The molecule has 3 N–H and O–H groups in total. The molecule has 0 radical (unpaired) electrons. The Labute approximate surface area is 119 Å². The van der Waals surface area contributed by atoms with Crippen LogP contribution in [-0.4, -0.2) is 57.7 Å². The molecular formula is C12H20N4O3S. The molecule has 2 heterocycles. The van der Waals surface area contributed by atoms with E-state index in [1.807, 2.05) is 0 Å². The van der Waals surface area contributed by atoms with Gasteiger partial charge in [-0.25, -0.2) is 18.1 Å². The summed E-state index contributed by atoms with van der Waals surface area (Å²) in [5.74, 6) is 0.302. The Balaban J connectivity index is 1.76. The van der Waals surface area contributed by atoms with Crippen LogP contribution in [0.1, 0.15) is 6.42 Å². The van der Waals surface area contributed by atoms with Crippen LogP contribution in [0.25, 0.3) is 0 Å². The molecule has 1 fully saturated rings. The van der Waals surface area contributed by atoms with E-state index in [2.05, 4.69) is 14.6 Å². The average molecular weight is 300 g/mol. The second kappa shape index (κ2) is 6.98. The van der Waals surface area contributed by atoms with E-state index in [0.717, 1.165) is 39.3 Å². The van der Waals surface area contributed by atoms with Gasteiger partial charge < -0.3 is 10.5 Å². The molecule has 0 amide bonds. The van der Waals surface area contributed by atoms with Gasteiger partial charge in [0.2, 0.25) is 10.0 Å². The number of nitrogens with zero attached hydrogens (tertiary/aromatic N) is 2. The lowest BCUT2D eigenvalue weighted by atomic mass is 10.3. The SMILES string of the molecule is Nc1ccc(S(=O)(=O)NCCCN2CCOCC2)cn1. The first-order valence-corrected chi connectivity index (χ1v) is 8.07. The zero-order valence-corrected chi connectivity index (χ0v) is 12.1. The fourth-order valence-corrected chi connectivity index (χ4v) is 2.99. The minimum Gasteiger partial charge on any atom is -0.384 e. The summed E-state index contributed by atoms with van der Waals surface area (Å²) in [6, 6.07) is 2.93. The predicted octanol–water partition coefficient (Wildman–Crippen LogP) is -0.336. The molecular weight excluding hydrogens is 280 g/mol. The summed E-state index contributed by atoms with van der Waals surface area (Å²) < 4.78 is 31.8. The van der Waals surface area contributed by atoms with Gasteiger partial charge in [0.1, 0.15) is 10.7 Å². The van der Waals surface area contributed by atoms with E-state index < -0.39 is 10.0 Å². The molecule has 8 heteroatoms. The van der Waals surface area contributed by atoms with E-state index in [9.17, 15) is 8.42 Å². The Hall–Kier alpha value is -1.22. The van der Waals surface area contributed by atoms with Gasteiger partial charge in [-0.05, 0) is 25.1 Å². The molecule has 7 nitrogen and oxygen atoms in total. The number of rotatable bonds is 6. The van der Waals surface area contributed by atoms with Crippen LogP contribution in [0.2, 0.25) is 0 Å². The van der Waals surface area contributed by atoms with Crippen LogP contribution in [0.15, 0.2) is 23.2 Å². The summed E-state index contributed by atoms with van der Waals surface area (Å²) in [4.78, 5) is 6.19. The lowest BCUT2D eigenvalue weighted by molar-refractivity contribution is 0.0376. The van der Waals surface area contributed by atoms with Crippen LogP contribution in [0.5, 0.6) is 0 Å². The maximum Gasteiger partial charge on any atom is 0.242 e. The second-order valence-electron chi connectivity index (χ2n) is 4.62. The third-order valence-corrected chi connectivity index (χ3v) is 4.56. The van der Waals surface area contributed by atoms with Gasteiger partial charge >= 0.3 is 0 Å². The van der Waals surface area contributed by atoms with Crippen molar-refractivity contribution in [2.45, 2.75) is 11.3 Å². The molecule has 112 valence electrons. The number of anilines is 1. The lowest BCUT2D eigenvalue weighted by Crippen LogP contribution is -2.38. The van der Waals surface area contributed by atoms with Crippen molar-refractivity contribution < 1.29 is 13.2 Å². The van der Waals surface area contributed by atoms with Crippen LogP contribution in [-0.2, 0) is 14.8 Å². The normalized spacial score (nSPS) is 17.2. The summed E-state index contributed by atoms with van der Waals surface area (Å²) >= 11 is 0. The molecule has 1 aliphatic rings. The highest BCUT2D eigenvalue weighted by atomic mass is 32.2. The Morgan fingerprint density at radius 2 is 2.10 bits per heavy atom. The Morgan fingerprint density at radius 3 is 2.75 bits per heavy atom. The highest BCUT2D eigenvalue weighted by Crippen LogP contribution is 2.08. The first kappa shape index (κ1) is 15.2. The summed E-state index contributed by atoms with van der Waals surface area (Å²) in [6.07, 6.45) is 2.03. The molecule has 0 atom stereocenters. The van der Waals surface area contributed by atoms with Gasteiger partial charge in [-0.15, -0.1) is 0 Å². The van der Waals surface area contributed by atoms with Crippen molar-refractivity contribution in [3.05, 3.63) is 18.3 Å². The van der Waals surface area contributed by atoms with Gasteiger partial charge in [0.05, 0.1) is 13.2 Å². The largest absolute Gasteiger partial charge is 0.384 e. The van der Waals surface area contributed by atoms with Gasteiger partial charge in [-0.2, -0.15) is 0 Å². The molecule has 1 aliphatic heterocycles. The van der Waals surface area contributed by atoms with Crippen molar-refractivity contribution in [3.63, 3.8) is 0 Å². The van der Waals surface area contributed by atoms with E-state index in [4.69, 9.17) is 10.5 Å². The minimum absolute atomic E-state index is 0.137. The number of hydrogen-bond acceptors (Lipinski definition) is 6. The smallest absolute Gasteiger partial charge is 0.242 e. The molecule has 20 heavy (non-hydrogen) atoms. The first-order chi connectivity index (χ1) is 9.58. The van der Waals surface area contributed by atoms with Gasteiger partial charge in [-0.1, -0.05) is 0 Å². The van der Waals surface area contributed by atoms with Gasteiger partial charge in [0, 0.05) is 25.8 Å². The summed E-state index contributed by atoms with van der Waals surface area (Å²) in [5, 5.41) is 0. The monoisotopic (exact) mass is 300 g/mol. The quantitative estimate of drug-likeness (QED) is 0.698. The summed E-state index contributed by atoms with van der Waals surface area (Å²) in [5.41, 5.74) is 5.43. The Kier molecular flexibility index (Phi) is 5.30. The number of aromatic nitrogens is 1. The summed E-state index contributed by atoms with van der Waals surface area (Å²) in [6.45, 7) is 4.60. The van der Waals surface area contributed by atoms with E-state index in [1.165, 1.54) is 18.3 Å². The first-order valence-electron chi connectivity index (χ1n) is 6.59. The maximum absolute atomic E-state index is 12.0. The minimum atomic E-state index is -3.49. The van der Waals surface area contributed by atoms with Crippen LogP contribution in [0.3, 0.4) is 0 Å². The molecule has 1 aromatic rings. The number of ether oxygens (including phenoxy) is 1.